The summed E-state index contributed by atoms with van der Waals surface area (Å²) in [6, 6.07) is 1.30. The number of nitrogens with two attached hydrogens (primary N) is 1. The second-order valence-corrected chi connectivity index (χ2v) is 3.42. The van der Waals surface area contributed by atoms with E-state index in [1.54, 1.807) is 6.92 Å². The van der Waals surface area contributed by atoms with E-state index in [9.17, 15) is 20.2 Å². The first kappa shape index (κ1) is 12.8. The average Bonchev–Trinajstić information content (AvgIpc) is 2.26. The Morgan fingerprint density at radius 2 is 1.94 bits per heavy atom. The molecule has 0 amide bonds. The second kappa shape index (κ2) is 4.74. The molecule has 0 aliphatic heterocycles. The summed E-state index contributed by atoms with van der Waals surface area (Å²) in [6.07, 6.45) is 0.404. The van der Waals surface area contributed by atoms with E-state index in [0.29, 0.717) is 12.0 Å². The molecule has 8 nitrogen and oxygen atoms in total. The number of nitrogens with zero attached hydrogens (tertiary/aromatic N) is 2. The molecule has 0 spiro atoms. The summed E-state index contributed by atoms with van der Waals surface area (Å²) in [5, 5.41) is 21.7. The average molecular weight is 240 g/mol. The van der Waals surface area contributed by atoms with Gasteiger partial charge in [0.15, 0.2) is 0 Å². The van der Waals surface area contributed by atoms with Crippen molar-refractivity contribution < 1.29 is 9.85 Å². The van der Waals surface area contributed by atoms with Crippen LogP contribution in [-0.4, -0.2) is 9.85 Å². The van der Waals surface area contributed by atoms with Gasteiger partial charge in [-0.3, -0.25) is 26.1 Å². The molecular weight excluding hydrogens is 228 g/mol. The molecular formula is C9H12N4O4. The molecule has 0 unspecified atom stereocenters. The fraction of sp³-hybridized carbons (Fsp3) is 0.333. The predicted octanol–water partition coefficient (Wildman–Crippen LogP) is 1.66. The fourth-order valence-corrected chi connectivity index (χ4v) is 1.66. The smallest absolute Gasteiger partial charge is 0.303 e. The highest BCUT2D eigenvalue weighted by molar-refractivity contribution is 5.74. The largest absolute Gasteiger partial charge is 0.318 e. The van der Waals surface area contributed by atoms with Crippen molar-refractivity contribution in [3.63, 3.8) is 0 Å². The maximum atomic E-state index is 10.9. The molecule has 3 N–H and O–H groups in total. The van der Waals surface area contributed by atoms with Gasteiger partial charge < -0.3 is 5.43 Å². The van der Waals surface area contributed by atoms with Gasteiger partial charge in [0.25, 0.3) is 5.69 Å². The minimum absolute atomic E-state index is 0.00912. The lowest BCUT2D eigenvalue weighted by atomic mass is 10.0. The number of nitro benzene ring substituents is 2. The van der Waals surface area contributed by atoms with E-state index in [1.165, 1.54) is 13.0 Å². The summed E-state index contributed by atoms with van der Waals surface area (Å²) >= 11 is 0. The van der Waals surface area contributed by atoms with Crippen molar-refractivity contribution in [2.24, 2.45) is 5.84 Å². The lowest BCUT2D eigenvalue weighted by molar-refractivity contribution is -0.394. The zero-order valence-corrected chi connectivity index (χ0v) is 9.39. The van der Waals surface area contributed by atoms with E-state index in [4.69, 9.17) is 5.84 Å². The van der Waals surface area contributed by atoms with Crippen LogP contribution in [0.15, 0.2) is 6.07 Å². The van der Waals surface area contributed by atoms with Crippen LogP contribution in [0, 0.1) is 27.2 Å². The normalized spacial score (nSPS) is 10.1. The SMILES string of the molecule is CCc1cc([N+](=O)[O-])c(C)c([N+](=O)[O-])c1NN. The Hall–Kier alpha value is -2.22. The molecule has 1 aromatic carbocycles. The van der Waals surface area contributed by atoms with Crippen LogP contribution in [0.2, 0.25) is 0 Å². The molecule has 0 heterocycles. The van der Waals surface area contributed by atoms with E-state index in [0.717, 1.165) is 0 Å². The number of hydrogen-bond donors (Lipinski definition) is 2. The molecule has 0 saturated heterocycles. The highest BCUT2D eigenvalue weighted by Crippen LogP contribution is 2.37. The van der Waals surface area contributed by atoms with Crippen molar-refractivity contribution in [1.29, 1.82) is 0 Å². The maximum Gasteiger partial charge on any atom is 0.303 e. The van der Waals surface area contributed by atoms with Gasteiger partial charge in [-0.05, 0) is 18.9 Å². The molecule has 0 atom stereocenters. The molecule has 1 rings (SSSR count). The Kier molecular flexibility index (Phi) is 3.59. The van der Waals surface area contributed by atoms with Crippen molar-refractivity contribution in [2.75, 3.05) is 5.43 Å². The number of benzene rings is 1. The quantitative estimate of drug-likeness (QED) is 0.468. The number of nitrogens with one attached hydrogen (secondary N) is 1. The topological polar surface area (TPSA) is 124 Å². The molecule has 0 saturated carbocycles. The molecule has 0 bridgehead atoms. The molecule has 17 heavy (non-hydrogen) atoms. The Morgan fingerprint density at radius 1 is 1.35 bits per heavy atom. The standard InChI is InChI=1S/C9H12N4O4/c1-3-6-4-7(12(14)15)5(2)9(13(16)17)8(6)11-10/h4,11H,3,10H2,1-2H3. The van der Waals surface area contributed by atoms with Gasteiger partial charge in [-0.2, -0.15) is 0 Å². The second-order valence-electron chi connectivity index (χ2n) is 3.42. The van der Waals surface area contributed by atoms with Crippen molar-refractivity contribution >= 4 is 17.1 Å². The van der Waals surface area contributed by atoms with Crippen LogP contribution < -0.4 is 11.3 Å². The van der Waals surface area contributed by atoms with Gasteiger partial charge in [0.05, 0.1) is 9.85 Å². The van der Waals surface area contributed by atoms with Gasteiger partial charge in [-0.15, -0.1) is 0 Å². The molecule has 0 radical (unpaired) electrons. The highest BCUT2D eigenvalue weighted by Gasteiger charge is 2.28. The lowest BCUT2D eigenvalue weighted by Crippen LogP contribution is -2.13. The van der Waals surface area contributed by atoms with E-state index in [1.807, 2.05) is 0 Å². The summed E-state index contributed by atoms with van der Waals surface area (Å²) in [5.41, 5.74) is 2.18. The number of nitrogen functional groups attached to an aromatic ring is 1. The van der Waals surface area contributed by atoms with Crippen LogP contribution in [0.1, 0.15) is 18.1 Å². The number of hydrazine groups is 1. The Labute approximate surface area is 96.7 Å². The third kappa shape index (κ3) is 2.16. The molecule has 0 aliphatic carbocycles. The molecule has 0 fully saturated rings. The third-order valence-corrected chi connectivity index (χ3v) is 2.51. The van der Waals surface area contributed by atoms with Crippen LogP contribution in [0.25, 0.3) is 0 Å². The molecule has 0 aromatic heterocycles. The number of anilines is 1. The van der Waals surface area contributed by atoms with Crippen LogP contribution in [0.3, 0.4) is 0 Å². The minimum atomic E-state index is -0.670. The summed E-state index contributed by atoms with van der Waals surface area (Å²) in [6.45, 7) is 3.06. The number of aryl methyl sites for hydroxylation is 1. The van der Waals surface area contributed by atoms with Crippen molar-refractivity contribution in [3.8, 4) is 0 Å². The van der Waals surface area contributed by atoms with Gasteiger partial charge in [0.1, 0.15) is 11.3 Å². The van der Waals surface area contributed by atoms with Gasteiger partial charge in [-0.25, -0.2) is 0 Å². The maximum absolute atomic E-state index is 10.9. The van der Waals surface area contributed by atoms with E-state index in [-0.39, 0.29) is 22.6 Å². The van der Waals surface area contributed by atoms with E-state index >= 15 is 0 Å². The first-order valence-corrected chi connectivity index (χ1v) is 4.85. The summed E-state index contributed by atoms with van der Waals surface area (Å²) in [4.78, 5) is 20.4. The van der Waals surface area contributed by atoms with E-state index in [2.05, 4.69) is 5.43 Å². The van der Waals surface area contributed by atoms with Crippen LogP contribution >= 0.6 is 0 Å². The molecule has 8 heteroatoms. The van der Waals surface area contributed by atoms with Crippen LogP contribution in [0.5, 0.6) is 0 Å². The first-order chi connectivity index (χ1) is 7.93. The summed E-state index contributed by atoms with van der Waals surface area (Å²) < 4.78 is 0. The molecule has 1 aromatic rings. The highest BCUT2D eigenvalue weighted by atomic mass is 16.6. The lowest BCUT2D eigenvalue weighted by Gasteiger charge is -2.10. The van der Waals surface area contributed by atoms with Gasteiger partial charge >= 0.3 is 5.69 Å². The summed E-state index contributed by atoms with van der Waals surface area (Å²) in [5.74, 6) is 5.24. The fourth-order valence-electron chi connectivity index (χ4n) is 1.66. The number of hydrogen-bond acceptors (Lipinski definition) is 6. The van der Waals surface area contributed by atoms with Gasteiger partial charge in [0.2, 0.25) is 0 Å². The van der Waals surface area contributed by atoms with Crippen molar-refractivity contribution in [3.05, 3.63) is 37.4 Å². The van der Waals surface area contributed by atoms with Crippen molar-refractivity contribution in [2.45, 2.75) is 20.3 Å². The van der Waals surface area contributed by atoms with Crippen molar-refractivity contribution in [1.82, 2.24) is 0 Å². The summed E-state index contributed by atoms with van der Waals surface area (Å²) in [7, 11) is 0. The number of nitro groups is 2. The molecule has 0 aliphatic rings. The van der Waals surface area contributed by atoms with Crippen LogP contribution in [0.4, 0.5) is 17.1 Å². The number of rotatable bonds is 4. The zero-order valence-electron chi connectivity index (χ0n) is 9.39. The van der Waals surface area contributed by atoms with Crippen LogP contribution in [-0.2, 0) is 6.42 Å². The predicted molar refractivity (Wildman–Crippen MR) is 61.7 cm³/mol. The Bertz CT molecular complexity index is 486. The van der Waals surface area contributed by atoms with Gasteiger partial charge in [-0.1, -0.05) is 6.92 Å². The zero-order chi connectivity index (χ0) is 13.2. The Balaban J connectivity index is 3.69. The van der Waals surface area contributed by atoms with E-state index < -0.39 is 9.85 Å². The first-order valence-electron chi connectivity index (χ1n) is 4.85. The Morgan fingerprint density at radius 3 is 2.29 bits per heavy atom. The minimum Gasteiger partial charge on any atom is -0.318 e. The molecule has 92 valence electrons. The monoisotopic (exact) mass is 240 g/mol. The van der Waals surface area contributed by atoms with Gasteiger partial charge in [0, 0.05) is 6.07 Å². The third-order valence-electron chi connectivity index (χ3n) is 2.51.